The molecule has 3 aliphatic rings. The van der Waals surface area contributed by atoms with Gasteiger partial charge in [0.25, 0.3) is 17.7 Å². The molecule has 0 bridgehead atoms. The van der Waals surface area contributed by atoms with E-state index in [0.717, 1.165) is 4.90 Å². The molecule has 4 amide bonds. The van der Waals surface area contributed by atoms with Crippen molar-refractivity contribution in [3.05, 3.63) is 59.2 Å². The van der Waals surface area contributed by atoms with Crippen molar-refractivity contribution in [1.82, 2.24) is 15.1 Å². The molecule has 3 aliphatic heterocycles. The van der Waals surface area contributed by atoms with Gasteiger partial charge in [0, 0.05) is 24.7 Å². The second kappa shape index (κ2) is 8.23. The van der Waals surface area contributed by atoms with Gasteiger partial charge in [-0.15, -0.1) is 0 Å². The Bertz CT molecular complexity index is 1120. The van der Waals surface area contributed by atoms with Crippen molar-refractivity contribution in [2.24, 2.45) is 0 Å². The topological polar surface area (TPSA) is 105 Å². The number of nitrogens with one attached hydrogen (secondary N) is 1. The number of carbonyl (C=O) groups excluding carboxylic acids is 4. The molecule has 33 heavy (non-hydrogen) atoms. The summed E-state index contributed by atoms with van der Waals surface area (Å²) in [6.45, 7) is 2.67. The molecule has 0 spiro atoms. The van der Waals surface area contributed by atoms with Gasteiger partial charge in [0.2, 0.25) is 12.7 Å². The summed E-state index contributed by atoms with van der Waals surface area (Å²) in [5.41, 5.74) is 1.16. The van der Waals surface area contributed by atoms with Gasteiger partial charge in [-0.05, 0) is 50.1 Å². The number of rotatable bonds is 4. The lowest BCUT2D eigenvalue weighted by molar-refractivity contribution is -0.125. The number of benzene rings is 2. The number of hydrogen-bond donors (Lipinski definition) is 1. The van der Waals surface area contributed by atoms with Crippen LogP contribution in [0.25, 0.3) is 0 Å². The highest BCUT2D eigenvalue weighted by Crippen LogP contribution is 2.33. The Morgan fingerprint density at radius 3 is 2.27 bits per heavy atom. The standard InChI is InChI=1S/C24H23N3O6/c1-14(27-23(30)17-4-2-3-5-18(17)24(27)31)21(28)25-16-8-10-26(11-9-16)22(29)15-6-7-19-20(12-15)33-13-32-19/h2-7,12,14,16H,8-11,13H2,1H3,(H,25,28). The summed E-state index contributed by atoms with van der Waals surface area (Å²) < 4.78 is 10.6. The molecule has 3 heterocycles. The van der Waals surface area contributed by atoms with Crippen LogP contribution in [0.1, 0.15) is 50.8 Å². The van der Waals surface area contributed by atoms with Crippen LogP contribution in [0.2, 0.25) is 0 Å². The summed E-state index contributed by atoms with van der Waals surface area (Å²) in [4.78, 5) is 53.7. The normalized spacial score (nSPS) is 18.3. The van der Waals surface area contributed by atoms with Gasteiger partial charge >= 0.3 is 0 Å². The molecule has 9 heteroatoms. The number of piperidine rings is 1. The van der Waals surface area contributed by atoms with E-state index in [1.807, 2.05) is 0 Å². The first kappa shape index (κ1) is 21.0. The number of ether oxygens (including phenoxy) is 2. The molecule has 9 nitrogen and oxygen atoms in total. The van der Waals surface area contributed by atoms with Crippen LogP contribution in [-0.4, -0.2) is 65.4 Å². The fraction of sp³-hybridized carbons (Fsp3) is 0.333. The van der Waals surface area contributed by atoms with Gasteiger partial charge in [0.15, 0.2) is 11.5 Å². The minimum Gasteiger partial charge on any atom is -0.454 e. The highest BCUT2D eigenvalue weighted by Gasteiger charge is 2.41. The average molecular weight is 449 g/mol. The molecule has 1 saturated heterocycles. The van der Waals surface area contributed by atoms with E-state index in [1.165, 1.54) is 0 Å². The molecule has 0 aromatic heterocycles. The Balaban J connectivity index is 1.17. The van der Waals surface area contributed by atoms with Gasteiger partial charge in [0.1, 0.15) is 6.04 Å². The molecule has 170 valence electrons. The van der Waals surface area contributed by atoms with Crippen molar-refractivity contribution in [3.63, 3.8) is 0 Å². The van der Waals surface area contributed by atoms with Crippen LogP contribution in [0, 0.1) is 0 Å². The first-order valence-corrected chi connectivity index (χ1v) is 10.9. The average Bonchev–Trinajstić information content (AvgIpc) is 3.41. The molecule has 1 N–H and O–H groups in total. The number of carbonyl (C=O) groups is 4. The van der Waals surface area contributed by atoms with Crippen LogP contribution >= 0.6 is 0 Å². The van der Waals surface area contributed by atoms with Crippen molar-refractivity contribution in [2.45, 2.75) is 31.8 Å². The predicted molar refractivity (Wildman–Crippen MR) is 116 cm³/mol. The Kier molecular flexibility index (Phi) is 5.24. The molecule has 1 fully saturated rings. The fourth-order valence-electron chi connectivity index (χ4n) is 4.44. The lowest BCUT2D eigenvalue weighted by atomic mass is 10.0. The van der Waals surface area contributed by atoms with Crippen LogP contribution in [-0.2, 0) is 4.79 Å². The summed E-state index contributed by atoms with van der Waals surface area (Å²) in [7, 11) is 0. The first-order chi connectivity index (χ1) is 15.9. The quantitative estimate of drug-likeness (QED) is 0.714. The lowest BCUT2D eigenvalue weighted by Crippen LogP contribution is -2.53. The van der Waals surface area contributed by atoms with E-state index >= 15 is 0 Å². The molecule has 1 atom stereocenters. The lowest BCUT2D eigenvalue weighted by Gasteiger charge is -2.33. The summed E-state index contributed by atoms with van der Waals surface area (Å²) in [6.07, 6.45) is 1.16. The van der Waals surface area contributed by atoms with Crippen molar-refractivity contribution >= 4 is 23.6 Å². The Morgan fingerprint density at radius 2 is 1.61 bits per heavy atom. The van der Waals surface area contributed by atoms with Crippen LogP contribution < -0.4 is 14.8 Å². The monoisotopic (exact) mass is 449 g/mol. The molecule has 0 radical (unpaired) electrons. The molecule has 5 rings (SSSR count). The third kappa shape index (κ3) is 3.69. The third-order valence-corrected chi connectivity index (χ3v) is 6.34. The van der Waals surface area contributed by atoms with Crippen LogP contribution in [0.3, 0.4) is 0 Å². The Labute approximate surface area is 190 Å². The number of likely N-dealkylation sites (tertiary alicyclic amines) is 1. The van der Waals surface area contributed by atoms with Crippen molar-refractivity contribution < 1.29 is 28.7 Å². The van der Waals surface area contributed by atoms with E-state index in [1.54, 1.807) is 54.3 Å². The zero-order valence-electron chi connectivity index (χ0n) is 18.1. The van der Waals surface area contributed by atoms with E-state index in [4.69, 9.17) is 9.47 Å². The number of fused-ring (bicyclic) bond motifs is 2. The summed E-state index contributed by atoms with van der Waals surface area (Å²) in [5, 5.41) is 2.94. The highest BCUT2D eigenvalue weighted by molar-refractivity contribution is 6.22. The SMILES string of the molecule is CC(C(=O)NC1CCN(C(=O)c2ccc3c(c2)OCO3)CC1)N1C(=O)c2ccccc2C1=O. The maximum absolute atomic E-state index is 12.9. The van der Waals surface area contributed by atoms with Gasteiger partial charge in [-0.25, -0.2) is 0 Å². The molecular weight excluding hydrogens is 426 g/mol. The molecule has 0 aliphatic carbocycles. The number of imide groups is 1. The van der Waals surface area contributed by atoms with Crippen LogP contribution in [0.5, 0.6) is 11.5 Å². The zero-order valence-corrected chi connectivity index (χ0v) is 18.1. The summed E-state index contributed by atoms with van der Waals surface area (Å²) in [6, 6.07) is 10.6. The maximum Gasteiger partial charge on any atom is 0.262 e. The second-order valence-electron chi connectivity index (χ2n) is 8.34. The van der Waals surface area contributed by atoms with Gasteiger partial charge in [0.05, 0.1) is 11.1 Å². The van der Waals surface area contributed by atoms with Crippen LogP contribution in [0.4, 0.5) is 0 Å². The van der Waals surface area contributed by atoms with E-state index in [2.05, 4.69) is 5.32 Å². The van der Waals surface area contributed by atoms with E-state index in [9.17, 15) is 19.2 Å². The minimum atomic E-state index is -0.925. The summed E-state index contributed by atoms with van der Waals surface area (Å²) in [5.74, 6) is -0.211. The molecule has 2 aromatic rings. The first-order valence-electron chi connectivity index (χ1n) is 10.9. The number of amides is 4. The Hall–Kier alpha value is -3.88. The van der Waals surface area contributed by atoms with E-state index < -0.39 is 17.9 Å². The van der Waals surface area contributed by atoms with Gasteiger partial charge in [-0.3, -0.25) is 24.1 Å². The van der Waals surface area contributed by atoms with Crippen molar-refractivity contribution in [1.29, 1.82) is 0 Å². The van der Waals surface area contributed by atoms with Crippen molar-refractivity contribution in [2.75, 3.05) is 19.9 Å². The second-order valence-corrected chi connectivity index (χ2v) is 8.34. The summed E-state index contributed by atoms with van der Waals surface area (Å²) >= 11 is 0. The molecule has 2 aromatic carbocycles. The predicted octanol–water partition coefficient (Wildman–Crippen LogP) is 1.82. The Morgan fingerprint density at radius 1 is 0.970 bits per heavy atom. The molecule has 0 saturated carbocycles. The van der Waals surface area contributed by atoms with Gasteiger partial charge < -0.3 is 19.7 Å². The number of hydrogen-bond acceptors (Lipinski definition) is 6. The van der Waals surface area contributed by atoms with Gasteiger partial charge in [-0.2, -0.15) is 0 Å². The van der Waals surface area contributed by atoms with E-state index in [0.29, 0.717) is 54.1 Å². The van der Waals surface area contributed by atoms with Gasteiger partial charge in [-0.1, -0.05) is 12.1 Å². The zero-order chi connectivity index (χ0) is 23.1. The smallest absolute Gasteiger partial charge is 0.262 e. The largest absolute Gasteiger partial charge is 0.454 e. The molecular formula is C24H23N3O6. The van der Waals surface area contributed by atoms with Crippen LogP contribution in [0.15, 0.2) is 42.5 Å². The highest BCUT2D eigenvalue weighted by atomic mass is 16.7. The fourth-order valence-corrected chi connectivity index (χ4v) is 4.44. The third-order valence-electron chi connectivity index (χ3n) is 6.34. The number of nitrogens with zero attached hydrogens (tertiary/aromatic N) is 2. The minimum absolute atomic E-state index is 0.0996. The maximum atomic E-state index is 12.9. The van der Waals surface area contributed by atoms with E-state index in [-0.39, 0.29) is 24.6 Å². The van der Waals surface area contributed by atoms with Crippen molar-refractivity contribution in [3.8, 4) is 11.5 Å². The molecule has 1 unspecified atom stereocenters.